The van der Waals surface area contributed by atoms with Crippen molar-refractivity contribution in [3.05, 3.63) is 11.6 Å². The molecule has 0 aliphatic carbocycles. The van der Waals surface area contributed by atoms with Crippen molar-refractivity contribution >= 4 is 5.97 Å². The molecule has 0 aromatic carbocycles. The smallest absolute Gasteiger partial charge is 0.305 e. The molecule has 0 radical (unpaired) electrons. The SMILES string of the molecule is CCCC/C(C)=C/CCCCCCCCC(=O)OC. The molecule has 0 aromatic rings. The molecule has 0 aliphatic rings. The topological polar surface area (TPSA) is 26.3 Å². The predicted molar refractivity (Wildman–Crippen MR) is 82.2 cm³/mol. The van der Waals surface area contributed by atoms with Crippen molar-refractivity contribution < 1.29 is 9.53 Å². The van der Waals surface area contributed by atoms with Gasteiger partial charge in [0.25, 0.3) is 0 Å². The van der Waals surface area contributed by atoms with Crippen LogP contribution in [-0.2, 0) is 9.53 Å². The van der Waals surface area contributed by atoms with Gasteiger partial charge >= 0.3 is 5.97 Å². The number of allylic oxidation sites excluding steroid dienone is 2. The van der Waals surface area contributed by atoms with Crippen LogP contribution in [0, 0.1) is 0 Å². The van der Waals surface area contributed by atoms with E-state index in [1.165, 1.54) is 58.5 Å². The van der Waals surface area contributed by atoms with Crippen molar-refractivity contribution in [2.24, 2.45) is 0 Å². The number of rotatable bonds is 12. The van der Waals surface area contributed by atoms with Gasteiger partial charge < -0.3 is 4.74 Å². The summed E-state index contributed by atoms with van der Waals surface area (Å²) in [6, 6.07) is 0. The maximum atomic E-state index is 10.9. The molecule has 0 saturated carbocycles. The number of ether oxygens (including phenoxy) is 1. The Labute approximate surface area is 119 Å². The predicted octanol–water partition coefficient (Wildman–Crippen LogP) is 5.42. The first-order chi connectivity index (χ1) is 9.20. The fraction of sp³-hybridized carbons (Fsp3) is 0.824. The lowest BCUT2D eigenvalue weighted by Crippen LogP contribution is -1.99. The van der Waals surface area contributed by atoms with Crippen LogP contribution in [0.1, 0.15) is 84.5 Å². The van der Waals surface area contributed by atoms with E-state index in [0.29, 0.717) is 6.42 Å². The van der Waals surface area contributed by atoms with E-state index in [1.54, 1.807) is 5.57 Å². The van der Waals surface area contributed by atoms with Crippen LogP contribution in [-0.4, -0.2) is 13.1 Å². The Balaban J connectivity index is 3.24. The van der Waals surface area contributed by atoms with Crippen molar-refractivity contribution in [1.29, 1.82) is 0 Å². The Hall–Kier alpha value is -0.790. The molecule has 0 amide bonds. The zero-order valence-corrected chi connectivity index (χ0v) is 13.2. The van der Waals surface area contributed by atoms with E-state index in [1.807, 2.05) is 0 Å². The quantitative estimate of drug-likeness (QED) is 0.268. The molecule has 0 N–H and O–H groups in total. The van der Waals surface area contributed by atoms with Gasteiger partial charge in [0.2, 0.25) is 0 Å². The third-order valence-corrected chi connectivity index (χ3v) is 3.48. The third kappa shape index (κ3) is 13.4. The minimum absolute atomic E-state index is 0.0762. The number of carbonyl (C=O) groups excluding carboxylic acids is 1. The van der Waals surface area contributed by atoms with E-state index in [2.05, 4.69) is 24.7 Å². The molecule has 112 valence electrons. The summed E-state index contributed by atoms with van der Waals surface area (Å²) in [5.74, 6) is -0.0762. The Morgan fingerprint density at radius 3 is 2.21 bits per heavy atom. The zero-order chi connectivity index (χ0) is 14.3. The van der Waals surface area contributed by atoms with Gasteiger partial charge in [-0.3, -0.25) is 4.79 Å². The van der Waals surface area contributed by atoms with Gasteiger partial charge in [-0.05, 0) is 39.0 Å². The number of hydrogen-bond donors (Lipinski definition) is 0. The lowest BCUT2D eigenvalue weighted by Gasteiger charge is -2.02. The van der Waals surface area contributed by atoms with Gasteiger partial charge in [-0.2, -0.15) is 0 Å². The molecule has 0 aromatic heterocycles. The monoisotopic (exact) mass is 268 g/mol. The maximum Gasteiger partial charge on any atom is 0.305 e. The second kappa shape index (κ2) is 13.6. The highest BCUT2D eigenvalue weighted by Gasteiger charge is 1.98. The maximum absolute atomic E-state index is 10.9. The highest BCUT2D eigenvalue weighted by molar-refractivity contribution is 5.68. The summed E-state index contributed by atoms with van der Waals surface area (Å²) < 4.78 is 4.61. The first-order valence-electron chi connectivity index (χ1n) is 7.93. The molecular weight excluding hydrogens is 236 g/mol. The van der Waals surface area contributed by atoms with Gasteiger partial charge in [0.1, 0.15) is 0 Å². The Morgan fingerprint density at radius 2 is 1.58 bits per heavy atom. The first-order valence-corrected chi connectivity index (χ1v) is 7.93. The summed E-state index contributed by atoms with van der Waals surface area (Å²) in [5, 5.41) is 0. The number of hydrogen-bond acceptors (Lipinski definition) is 2. The highest BCUT2D eigenvalue weighted by Crippen LogP contribution is 2.12. The Bertz CT molecular complexity index is 244. The molecular formula is C17H32O2. The van der Waals surface area contributed by atoms with Crippen LogP contribution in [0.2, 0.25) is 0 Å². The highest BCUT2D eigenvalue weighted by atomic mass is 16.5. The Kier molecular flexibility index (Phi) is 13.1. The van der Waals surface area contributed by atoms with Crippen LogP contribution >= 0.6 is 0 Å². The van der Waals surface area contributed by atoms with Gasteiger partial charge in [-0.1, -0.05) is 50.7 Å². The second-order valence-corrected chi connectivity index (χ2v) is 5.39. The molecule has 0 aliphatic heterocycles. The Morgan fingerprint density at radius 1 is 0.947 bits per heavy atom. The average molecular weight is 268 g/mol. The van der Waals surface area contributed by atoms with Crippen LogP contribution in [0.5, 0.6) is 0 Å². The number of esters is 1. The molecule has 0 spiro atoms. The summed E-state index contributed by atoms with van der Waals surface area (Å²) in [4.78, 5) is 10.9. The van der Waals surface area contributed by atoms with Crippen molar-refractivity contribution in [1.82, 2.24) is 0 Å². The normalized spacial score (nSPS) is 11.6. The van der Waals surface area contributed by atoms with Crippen molar-refractivity contribution in [2.45, 2.75) is 84.5 Å². The van der Waals surface area contributed by atoms with E-state index in [9.17, 15) is 4.79 Å². The van der Waals surface area contributed by atoms with Crippen LogP contribution in [0.15, 0.2) is 11.6 Å². The number of methoxy groups -OCH3 is 1. The van der Waals surface area contributed by atoms with E-state index in [-0.39, 0.29) is 5.97 Å². The summed E-state index contributed by atoms with van der Waals surface area (Å²) in [5.41, 5.74) is 1.56. The van der Waals surface area contributed by atoms with Crippen molar-refractivity contribution in [2.75, 3.05) is 7.11 Å². The summed E-state index contributed by atoms with van der Waals surface area (Å²) >= 11 is 0. The zero-order valence-electron chi connectivity index (χ0n) is 13.2. The van der Waals surface area contributed by atoms with Gasteiger partial charge in [0.05, 0.1) is 7.11 Å². The molecule has 0 rings (SSSR count). The van der Waals surface area contributed by atoms with Gasteiger partial charge in [-0.15, -0.1) is 0 Å². The lowest BCUT2D eigenvalue weighted by molar-refractivity contribution is -0.140. The molecule has 2 nitrogen and oxygen atoms in total. The van der Waals surface area contributed by atoms with Crippen molar-refractivity contribution in [3.8, 4) is 0 Å². The fourth-order valence-corrected chi connectivity index (χ4v) is 2.13. The van der Waals surface area contributed by atoms with Crippen LogP contribution in [0.3, 0.4) is 0 Å². The van der Waals surface area contributed by atoms with E-state index >= 15 is 0 Å². The molecule has 2 heteroatoms. The molecule has 0 saturated heterocycles. The molecule has 0 heterocycles. The minimum Gasteiger partial charge on any atom is -0.469 e. The van der Waals surface area contributed by atoms with Gasteiger partial charge in [0, 0.05) is 6.42 Å². The van der Waals surface area contributed by atoms with Gasteiger partial charge in [-0.25, -0.2) is 0 Å². The lowest BCUT2D eigenvalue weighted by atomic mass is 10.1. The number of unbranched alkanes of at least 4 members (excludes halogenated alkanes) is 7. The van der Waals surface area contributed by atoms with Crippen molar-refractivity contribution in [3.63, 3.8) is 0 Å². The molecule has 19 heavy (non-hydrogen) atoms. The third-order valence-electron chi connectivity index (χ3n) is 3.48. The van der Waals surface area contributed by atoms with Gasteiger partial charge in [0.15, 0.2) is 0 Å². The average Bonchev–Trinajstić information content (AvgIpc) is 2.42. The molecule has 0 bridgehead atoms. The van der Waals surface area contributed by atoms with E-state index < -0.39 is 0 Å². The molecule has 0 fully saturated rings. The largest absolute Gasteiger partial charge is 0.469 e. The first kappa shape index (κ1) is 18.2. The fourth-order valence-electron chi connectivity index (χ4n) is 2.13. The number of carbonyl (C=O) groups is 1. The van der Waals surface area contributed by atoms with Crippen LogP contribution in [0.25, 0.3) is 0 Å². The van der Waals surface area contributed by atoms with E-state index in [0.717, 1.165) is 12.8 Å². The van der Waals surface area contributed by atoms with E-state index in [4.69, 9.17) is 0 Å². The summed E-state index contributed by atoms with van der Waals surface area (Å²) in [7, 11) is 1.46. The standard InChI is InChI=1S/C17H32O2/c1-4-5-13-16(2)14-11-9-7-6-8-10-12-15-17(18)19-3/h14H,4-13,15H2,1-3H3/b16-14+. The minimum atomic E-state index is -0.0762. The molecule has 0 atom stereocenters. The summed E-state index contributed by atoms with van der Waals surface area (Å²) in [6.45, 7) is 4.50. The van der Waals surface area contributed by atoms with Crippen LogP contribution in [0.4, 0.5) is 0 Å². The molecule has 0 unspecified atom stereocenters. The second-order valence-electron chi connectivity index (χ2n) is 5.39. The van der Waals surface area contributed by atoms with Crippen LogP contribution < -0.4 is 0 Å². The summed E-state index contributed by atoms with van der Waals surface area (Å²) in [6.07, 6.45) is 15.4.